The first-order valence-electron chi connectivity index (χ1n) is 10.5. The number of aromatic nitrogens is 4. The quantitative estimate of drug-likeness (QED) is 0.278. The summed E-state index contributed by atoms with van der Waals surface area (Å²) in [6.07, 6.45) is 5.17. The molecule has 0 aliphatic rings. The van der Waals surface area contributed by atoms with Gasteiger partial charge in [0.25, 0.3) is 0 Å². The molecule has 1 atom stereocenters. The van der Waals surface area contributed by atoms with Gasteiger partial charge in [-0.1, -0.05) is 6.07 Å². The Hall–Kier alpha value is -3.71. The lowest BCUT2D eigenvalue weighted by Gasteiger charge is -2.27. The van der Waals surface area contributed by atoms with Gasteiger partial charge in [0.15, 0.2) is 12.2 Å². The fourth-order valence-electron chi connectivity index (χ4n) is 2.88. The van der Waals surface area contributed by atoms with Crippen molar-refractivity contribution in [2.75, 3.05) is 17.2 Å². The van der Waals surface area contributed by atoms with Crippen LogP contribution in [0.2, 0.25) is 0 Å². The Bertz CT molecular complexity index is 1150. The highest BCUT2D eigenvalue weighted by atomic mass is 16.6. The molecule has 3 aromatic rings. The van der Waals surface area contributed by atoms with E-state index < -0.39 is 23.2 Å². The Morgan fingerprint density at radius 2 is 1.82 bits per heavy atom. The van der Waals surface area contributed by atoms with Crippen molar-refractivity contribution in [2.45, 2.75) is 58.8 Å². The molecule has 2 heterocycles. The lowest BCUT2D eigenvalue weighted by Crippen LogP contribution is -2.41. The zero-order chi connectivity index (χ0) is 24.2. The minimum absolute atomic E-state index is 0.110. The Kier molecular flexibility index (Phi) is 6.84. The number of hydrogen-bond acceptors (Lipinski definition) is 9. The van der Waals surface area contributed by atoms with Gasteiger partial charge in [0.05, 0.1) is 23.2 Å². The molecule has 0 saturated heterocycles. The monoisotopic (exact) mass is 451 g/mol. The van der Waals surface area contributed by atoms with Gasteiger partial charge < -0.3 is 19.8 Å². The number of nitrogens with one attached hydrogen (secondary N) is 3. The van der Waals surface area contributed by atoms with Crippen LogP contribution in [0.15, 0.2) is 30.6 Å². The topological polar surface area (TPSA) is 138 Å². The first-order chi connectivity index (χ1) is 15.4. The van der Waals surface area contributed by atoms with E-state index in [9.17, 15) is 4.79 Å². The SMILES string of the molecule is CC(C)(C)OCC(Nc1ncc(-c2ccc3nc(NC#N)[nH]c3c2)cn1)C(=O)OC(C)(C)C. The summed E-state index contributed by atoms with van der Waals surface area (Å²) in [4.78, 5) is 28.7. The first kappa shape index (κ1) is 23.9. The number of hydrogen-bond donors (Lipinski definition) is 3. The molecule has 1 unspecified atom stereocenters. The van der Waals surface area contributed by atoms with Crippen LogP contribution >= 0.6 is 0 Å². The summed E-state index contributed by atoms with van der Waals surface area (Å²) < 4.78 is 11.3. The number of carbonyl (C=O) groups is 1. The average Bonchev–Trinajstić information content (AvgIpc) is 3.11. The fourth-order valence-corrected chi connectivity index (χ4v) is 2.88. The summed E-state index contributed by atoms with van der Waals surface area (Å²) in [5.41, 5.74) is 2.12. The van der Waals surface area contributed by atoms with E-state index in [2.05, 4.69) is 30.6 Å². The number of carbonyl (C=O) groups excluding carboxylic acids is 1. The van der Waals surface area contributed by atoms with Gasteiger partial charge in [-0.15, -0.1) is 0 Å². The van der Waals surface area contributed by atoms with E-state index in [0.29, 0.717) is 5.95 Å². The zero-order valence-electron chi connectivity index (χ0n) is 19.7. The highest BCUT2D eigenvalue weighted by Gasteiger charge is 2.28. The van der Waals surface area contributed by atoms with Gasteiger partial charge in [-0.2, -0.15) is 5.26 Å². The van der Waals surface area contributed by atoms with Crippen LogP contribution in [-0.4, -0.2) is 49.8 Å². The molecule has 174 valence electrons. The summed E-state index contributed by atoms with van der Waals surface area (Å²) in [5, 5.41) is 14.3. The predicted octanol–water partition coefficient (Wildman–Crippen LogP) is 3.85. The second-order valence-electron chi connectivity index (χ2n) is 9.50. The van der Waals surface area contributed by atoms with Crippen molar-refractivity contribution >= 4 is 28.9 Å². The molecule has 0 radical (unpaired) electrons. The number of imidazole rings is 1. The van der Waals surface area contributed by atoms with Crippen LogP contribution in [0.1, 0.15) is 41.5 Å². The third kappa shape index (κ3) is 6.89. The van der Waals surface area contributed by atoms with E-state index in [1.165, 1.54) is 0 Å². The van der Waals surface area contributed by atoms with Crippen molar-refractivity contribution in [1.82, 2.24) is 19.9 Å². The molecule has 2 aromatic heterocycles. The van der Waals surface area contributed by atoms with E-state index in [4.69, 9.17) is 14.7 Å². The number of fused-ring (bicyclic) bond motifs is 1. The number of rotatable bonds is 7. The molecular formula is C23H29N7O3. The summed E-state index contributed by atoms with van der Waals surface area (Å²) in [5.74, 6) is 0.229. The number of anilines is 2. The molecule has 0 saturated carbocycles. The van der Waals surface area contributed by atoms with Crippen LogP contribution in [0.3, 0.4) is 0 Å². The minimum atomic E-state index is -0.762. The molecule has 10 heteroatoms. The molecule has 0 amide bonds. The van der Waals surface area contributed by atoms with Gasteiger partial charge in [0.2, 0.25) is 11.9 Å². The number of H-pyrrole nitrogens is 1. The standard InChI is InChI=1S/C23H29N7O3/c1-22(2,3)32-12-18(19(31)33-23(4,5)6)30-20-25-10-15(11-26-20)14-7-8-16-17(9-14)29-21(28-16)27-13-24/h7-11,18H,12H2,1-6H3,(H,25,26,30)(H2,27,28,29). The fraction of sp³-hybridized carbons (Fsp3) is 0.435. The Balaban J connectivity index is 1.77. The van der Waals surface area contributed by atoms with Crippen molar-refractivity contribution in [3.8, 4) is 17.3 Å². The second-order valence-corrected chi connectivity index (χ2v) is 9.50. The van der Waals surface area contributed by atoms with Crippen LogP contribution < -0.4 is 10.6 Å². The number of esters is 1. The number of aromatic amines is 1. The number of nitrogens with zero attached hydrogens (tertiary/aromatic N) is 4. The largest absolute Gasteiger partial charge is 0.458 e. The van der Waals surface area contributed by atoms with Gasteiger partial charge in [0, 0.05) is 18.0 Å². The van der Waals surface area contributed by atoms with Gasteiger partial charge >= 0.3 is 5.97 Å². The lowest BCUT2D eigenvalue weighted by molar-refractivity contribution is -0.158. The highest BCUT2D eigenvalue weighted by Crippen LogP contribution is 2.24. The number of benzene rings is 1. The van der Waals surface area contributed by atoms with Crippen molar-refractivity contribution in [3.63, 3.8) is 0 Å². The van der Waals surface area contributed by atoms with Crippen LogP contribution in [0.4, 0.5) is 11.9 Å². The molecule has 33 heavy (non-hydrogen) atoms. The maximum absolute atomic E-state index is 12.7. The van der Waals surface area contributed by atoms with Crippen LogP contribution in [0, 0.1) is 11.5 Å². The number of ether oxygens (including phenoxy) is 2. The van der Waals surface area contributed by atoms with Crippen molar-refractivity contribution in [1.29, 1.82) is 5.26 Å². The second kappa shape index (κ2) is 9.42. The van der Waals surface area contributed by atoms with E-state index in [1.54, 1.807) is 12.4 Å². The molecule has 3 rings (SSSR count). The smallest absolute Gasteiger partial charge is 0.331 e. The number of nitriles is 1. The van der Waals surface area contributed by atoms with Gasteiger partial charge in [-0.05, 0) is 59.2 Å². The first-order valence-corrected chi connectivity index (χ1v) is 10.5. The van der Waals surface area contributed by atoms with Gasteiger partial charge in [-0.25, -0.2) is 19.7 Å². The molecule has 10 nitrogen and oxygen atoms in total. The zero-order valence-corrected chi connectivity index (χ0v) is 19.7. The van der Waals surface area contributed by atoms with E-state index >= 15 is 0 Å². The summed E-state index contributed by atoms with van der Waals surface area (Å²) >= 11 is 0. The Labute approximate surface area is 192 Å². The maximum atomic E-state index is 12.7. The summed E-state index contributed by atoms with van der Waals surface area (Å²) in [7, 11) is 0. The van der Waals surface area contributed by atoms with E-state index in [-0.39, 0.29) is 12.6 Å². The Morgan fingerprint density at radius 3 is 2.42 bits per heavy atom. The summed E-state index contributed by atoms with van der Waals surface area (Å²) in [6, 6.07) is 4.88. The van der Waals surface area contributed by atoms with Crippen molar-refractivity contribution in [3.05, 3.63) is 30.6 Å². The molecule has 0 bridgehead atoms. The Morgan fingerprint density at radius 1 is 1.12 bits per heavy atom. The van der Waals surface area contributed by atoms with Gasteiger partial charge in [-0.3, -0.25) is 5.32 Å². The third-order valence-electron chi connectivity index (χ3n) is 4.32. The molecular weight excluding hydrogens is 422 g/mol. The predicted molar refractivity (Wildman–Crippen MR) is 125 cm³/mol. The summed E-state index contributed by atoms with van der Waals surface area (Å²) in [6.45, 7) is 11.3. The van der Waals surface area contributed by atoms with Crippen LogP contribution in [0.25, 0.3) is 22.2 Å². The molecule has 0 fully saturated rings. The van der Waals surface area contributed by atoms with Crippen molar-refractivity contribution < 1.29 is 14.3 Å². The van der Waals surface area contributed by atoms with E-state index in [0.717, 1.165) is 22.2 Å². The van der Waals surface area contributed by atoms with Gasteiger partial charge in [0.1, 0.15) is 5.60 Å². The maximum Gasteiger partial charge on any atom is 0.331 e. The third-order valence-corrected chi connectivity index (χ3v) is 4.32. The molecule has 0 spiro atoms. The van der Waals surface area contributed by atoms with Crippen LogP contribution in [-0.2, 0) is 14.3 Å². The molecule has 0 aliphatic heterocycles. The van der Waals surface area contributed by atoms with E-state index in [1.807, 2.05) is 65.9 Å². The molecule has 1 aromatic carbocycles. The normalized spacial score (nSPS) is 12.8. The molecule has 3 N–H and O–H groups in total. The molecule has 0 aliphatic carbocycles. The average molecular weight is 452 g/mol. The minimum Gasteiger partial charge on any atom is -0.458 e. The highest BCUT2D eigenvalue weighted by molar-refractivity contribution is 5.83. The van der Waals surface area contributed by atoms with Crippen LogP contribution in [0.5, 0.6) is 0 Å². The van der Waals surface area contributed by atoms with Crippen molar-refractivity contribution in [2.24, 2.45) is 0 Å². The lowest BCUT2D eigenvalue weighted by atomic mass is 10.1.